The number of rotatable bonds is 10. The molecule has 0 saturated carbocycles. The lowest BCUT2D eigenvalue weighted by Crippen LogP contribution is -2.18. The fourth-order valence-corrected chi connectivity index (χ4v) is 3.09. The standard InChI is InChI=1S/C23H29NO4/c1-2-3-6-15-26-19-13-11-18(12-14-19)23(25)24-21-9-4-5-10-22(21)28-17-20-8-7-16-27-20/h4-5,9-14,20H,2-3,6-8,15-17H2,1H3,(H,24,25). The fraction of sp³-hybridized carbons (Fsp3) is 0.435. The second-order valence-electron chi connectivity index (χ2n) is 6.98. The highest BCUT2D eigenvalue weighted by molar-refractivity contribution is 6.05. The highest BCUT2D eigenvalue weighted by Gasteiger charge is 2.17. The zero-order chi connectivity index (χ0) is 19.6. The number of anilines is 1. The van der Waals surface area contributed by atoms with Gasteiger partial charge in [-0.15, -0.1) is 0 Å². The molecule has 1 unspecified atom stereocenters. The third kappa shape index (κ3) is 5.99. The van der Waals surface area contributed by atoms with Crippen LogP contribution in [0.15, 0.2) is 48.5 Å². The number of unbranched alkanes of at least 4 members (excludes halogenated alkanes) is 2. The summed E-state index contributed by atoms with van der Waals surface area (Å²) in [6, 6.07) is 14.7. The predicted octanol–water partition coefficient (Wildman–Crippen LogP) is 5.07. The highest BCUT2D eigenvalue weighted by Crippen LogP contribution is 2.26. The van der Waals surface area contributed by atoms with E-state index in [0.717, 1.165) is 38.0 Å². The van der Waals surface area contributed by atoms with E-state index in [9.17, 15) is 4.79 Å². The molecule has 0 spiro atoms. The van der Waals surface area contributed by atoms with Gasteiger partial charge in [-0.2, -0.15) is 0 Å². The zero-order valence-electron chi connectivity index (χ0n) is 16.5. The number of benzene rings is 2. The molecule has 1 atom stereocenters. The molecule has 1 heterocycles. The van der Waals surface area contributed by atoms with Crippen LogP contribution in [-0.2, 0) is 4.74 Å². The molecule has 2 aromatic rings. The van der Waals surface area contributed by atoms with Gasteiger partial charge in [0.2, 0.25) is 0 Å². The Kier molecular flexibility index (Phi) is 7.73. The van der Waals surface area contributed by atoms with E-state index >= 15 is 0 Å². The predicted molar refractivity (Wildman–Crippen MR) is 110 cm³/mol. The van der Waals surface area contributed by atoms with E-state index in [1.165, 1.54) is 6.42 Å². The van der Waals surface area contributed by atoms with Crippen LogP contribution in [0.4, 0.5) is 5.69 Å². The lowest BCUT2D eigenvalue weighted by atomic mass is 10.2. The summed E-state index contributed by atoms with van der Waals surface area (Å²) in [5.74, 6) is 1.26. The molecule has 0 aliphatic carbocycles. The third-order valence-corrected chi connectivity index (χ3v) is 4.72. The summed E-state index contributed by atoms with van der Waals surface area (Å²) in [6.45, 7) is 4.16. The van der Waals surface area contributed by atoms with Crippen molar-refractivity contribution in [3.63, 3.8) is 0 Å². The van der Waals surface area contributed by atoms with Gasteiger partial charge in [-0.1, -0.05) is 31.9 Å². The molecule has 1 aliphatic rings. The van der Waals surface area contributed by atoms with Crippen LogP contribution in [0, 0.1) is 0 Å². The summed E-state index contributed by atoms with van der Waals surface area (Å²) in [6.07, 6.45) is 5.60. The van der Waals surface area contributed by atoms with Gasteiger partial charge in [0, 0.05) is 12.2 Å². The van der Waals surface area contributed by atoms with E-state index in [0.29, 0.717) is 30.2 Å². The molecule has 3 rings (SSSR count). The van der Waals surface area contributed by atoms with Crippen molar-refractivity contribution < 1.29 is 19.0 Å². The molecule has 0 bridgehead atoms. The quantitative estimate of drug-likeness (QED) is 0.582. The molecule has 1 amide bonds. The molecule has 1 fully saturated rings. The summed E-state index contributed by atoms with van der Waals surface area (Å²) in [5.41, 5.74) is 1.24. The molecule has 0 radical (unpaired) electrons. The van der Waals surface area contributed by atoms with Gasteiger partial charge >= 0.3 is 0 Å². The molecule has 28 heavy (non-hydrogen) atoms. The Hall–Kier alpha value is -2.53. The minimum Gasteiger partial charge on any atom is -0.494 e. The lowest BCUT2D eigenvalue weighted by molar-refractivity contribution is 0.0682. The Bertz CT molecular complexity index is 739. The average molecular weight is 383 g/mol. The average Bonchev–Trinajstić information content (AvgIpc) is 3.25. The second kappa shape index (κ2) is 10.7. The molecular formula is C23H29NO4. The van der Waals surface area contributed by atoms with Gasteiger partial charge in [-0.05, 0) is 55.7 Å². The van der Waals surface area contributed by atoms with E-state index in [4.69, 9.17) is 14.2 Å². The van der Waals surface area contributed by atoms with E-state index in [-0.39, 0.29) is 12.0 Å². The minimum atomic E-state index is -0.175. The van der Waals surface area contributed by atoms with Crippen LogP contribution in [0.3, 0.4) is 0 Å². The molecule has 5 heteroatoms. The molecular weight excluding hydrogens is 354 g/mol. The van der Waals surface area contributed by atoms with E-state index in [2.05, 4.69) is 12.2 Å². The van der Waals surface area contributed by atoms with Gasteiger partial charge in [-0.3, -0.25) is 4.79 Å². The minimum absolute atomic E-state index is 0.133. The van der Waals surface area contributed by atoms with Crippen molar-refractivity contribution in [2.45, 2.75) is 45.1 Å². The van der Waals surface area contributed by atoms with E-state index in [1.54, 1.807) is 12.1 Å². The van der Waals surface area contributed by atoms with Crippen LogP contribution in [-0.4, -0.2) is 31.8 Å². The fourth-order valence-electron chi connectivity index (χ4n) is 3.09. The number of carbonyl (C=O) groups is 1. The van der Waals surface area contributed by atoms with E-state index in [1.807, 2.05) is 36.4 Å². The van der Waals surface area contributed by atoms with Crippen molar-refractivity contribution in [2.24, 2.45) is 0 Å². The maximum Gasteiger partial charge on any atom is 0.255 e. The second-order valence-corrected chi connectivity index (χ2v) is 6.98. The summed E-state index contributed by atoms with van der Waals surface area (Å²) < 4.78 is 17.2. The number of ether oxygens (including phenoxy) is 3. The van der Waals surface area contributed by atoms with Crippen molar-refractivity contribution in [1.29, 1.82) is 0 Å². The smallest absolute Gasteiger partial charge is 0.255 e. The van der Waals surface area contributed by atoms with Crippen molar-refractivity contribution >= 4 is 11.6 Å². The first-order valence-corrected chi connectivity index (χ1v) is 10.1. The third-order valence-electron chi connectivity index (χ3n) is 4.72. The number of para-hydroxylation sites is 2. The highest BCUT2D eigenvalue weighted by atomic mass is 16.5. The van der Waals surface area contributed by atoms with Crippen molar-refractivity contribution in [3.8, 4) is 11.5 Å². The van der Waals surface area contributed by atoms with Crippen LogP contribution in [0.5, 0.6) is 11.5 Å². The maximum absolute atomic E-state index is 12.6. The SMILES string of the molecule is CCCCCOc1ccc(C(=O)Nc2ccccc2OCC2CCCO2)cc1. The van der Waals surface area contributed by atoms with Crippen LogP contribution in [0.2, 0.25) is 0 Å². The van der Waals surface area contributed by atoms with Crippen molar-refractivity contribution in [3.05, 3.63) is 54.1 Å². The van der Waals surface area contributed by atoms with Gasteiger partial charge in [0.1, 0.15) is 18.1 Å². The number of nitrogens with one attached hydrogen (secondary N) is 1. The molecule has 150 valence electrons. The van der Waals surface area contributed by atoms with Crippen LogP contribution >= 0.6 is 0 Å². The van der Waals surface area contributed by atoms with Gasteiger partial charge < -0.3 is 19.5 Å². The van der Waals surface area contributed by atoms with Crippen LogP contribution < -0.4 is 14.8 Å². The molecule has 5 nitrogen and oxygen atoms in total. The summed E-state index contributed by atoms with van der Waals surface area (Å²) in [7, 11) is 0. The number of hydrogen-bond acceptors (Lipinski definition) is 4. The van der Waals surface area contributed by atoms with Gasteiger partial charge in [0.05, 0.1) is 18.4 Å². The van der Waals surface area contributed by atoms with Crippen molar-refractivity contribution in [1.82, 2.24) is 0 Å². The molecule has 1 saturated heterocycles. The molecule has 1 N–H and O–H groups in total. The van der Waals surface area contributed by atoms with E-state index < -0.39 is 0 Å². The largest absolute Gasteiger partial charge is 0.494 e. The molecule has 1 aliphatic heterocycles. The van der Waals surface area contributed by atoms with Gasteiger partial charge in [-0.25, -0.2) is 0 Å². The molecule has 0 aromatic heterocycles. The van der Waals surface area contributed by atoms with Crippen LogP contribution in [0.25, 0.3) is 0 Å². The number of hydrogen-bond donors (Lipinski definition) is 1. The zero-order valence-corrected chi connectivity index (χ0v) is 16.5. The Morgan fingerprint density at radius 1 is 1.11 bits per heavy atom. The van der Waals surface area contributed by atoms with Gasteiger partial charge in [0.15, 0.2) is 0 Å². The Morgan fingerprint density at radius 2 is 1.93 bits per heavy atom. The number of amides is 1. The monoisotopic (exact) mass is 383 g/mol. The van der Waals surface area contributed by atoms with Gasteiger partial charge in [0.25, 0.3) is 5.91 Å². The Balaban J connectivity index is 1.55. The summed E-state index contributed by atoms with van der Waals surface area (Å²) in [4.78, 5) is 12.6. The lowest BCUT2D eigenvalue weighted by Gasteiger charge is -2.15. The summed E-state index contributed by atoms with van der Waals surface area (Å²) in [5, 5.41) is 2.94. The Morgan fingerprint density at radius 3 is 2.68 bits per heavy atom. The maximum atomic E-state index is 12.6. The molecule has 2 aromatic carbocycles. The normalized spacial score (nSPS) is 16.0. The topological polar surface area (TPSA) is 56.8 Å². The first-order valence-electron chi connectivity index (χ1n) is 10.1. The number of carbonyl (C=O) groups excluding carboxylic acids is 1. The first kappa shape index (κ1) is 20.2. The van der Waals surface area contributed by atoms with Crippen molar-refractivity contribution in [2.75, 3.05) is 25.1 Å². The first-order chi connectivity index (χ1) is 13.8. The Labute approximate surface area is 167 Å². The summed E-state index contributed by atoms with van der Waals surface area (Å²) >= 11 is 0. The van der Waals surface area contributed by atoms with Crippen LogP contribution in [0.1, 0.15) is 49.4 Å².